The van der Waals surface area contributed by atoms with Crippen LogP contribution in [-0.2, 0) is 6.54 Å². The Labute approximate surface area is 121 Å². The van der Waals surface area contributed by atoms with Crippen LogP contribution in [0.5, 0.6) is 5.75 Å². The lowest BCUT2D eigenvalue weighted by molar-refractivity contribution is 0.0950. The lowest BCUT2D eigenvalue weighted by atomic mass is 10.1. The highest BCUT2D eigenvalue weighted by molar-refractivity contribution is 5.97. The van der Waals surface area contributed by atoms with Crippen molar-refractivity contribution in [3.05, 3.63) is 65.2 Å². The van der Waals surface area contributed by atoms with Crippen LogP contribution < -0.4 is 11.1 Å². The highest BCUT2D eigenvalue weighted by Crippen LogP contribution is 2.11. The molecule has 5 N–H and O–H groups in total. The van der Waals surface area contributed by atoms with E-state index in [1.165, 1.54) is 12.1 Å². The molecule has 0 bridgehead atoms. The SMILES string of the molecule is NC(=NO)c1ccc(CNC(=O)c2cccc(O)c2)cc1. The molecule has 0 spiro atoms. The minimum absolute atomic E-state index is 0.0327. The Morgan fingerprint density at radius 1 is 1.14 bits per heavy atom. The van der Waals surface area contributed by atoms with E-state index in [1.54, 1.807) is 36.4 Å². The molecule has 0 atom stereocenters. The van der Waals surface area contributed by atoms with Crippen LogP contribution in [0, 0.1) is 0 Å². The Morgan fingerprint density at radius 3 is 2.48 bits per heavy atom. The zero-order valence-electron chi connectivity index (χ0n) is 11.2. The van der Waals surface area contributed by atoms with Crippen LogP contribution >= 0.6 is 0 Å². The van der Waals surface area contributed by atoms with E-state index in [0.29, 0.717) is 17.7 Å². The number of aromatic hydroxyl groups is 1. The molecule has 6 nitrogen and oxygen atoms in total. The Bertz CT molecular complexity index is 666. The summed E-state index contributed by atoms with van der Waals surface area (Å²) < 4.78 is 0. The van der Waals surface area contributed by atoms with Gasteiger partial charge in [0.25, 0.3) is 5.91 Å². The van der Waals surface area contributed by atoms with Crippen LogP contribution in [-0.4, -0.2) is 22.1 Å². The molecule has 0 aromatic heterocycles. The molecule has 6 heteroatoms. The van der Waals surface area contributed by atoms with Crippen LogP contribution in [0.4, 0.5) is 0 Å². The molecule has 1 amide bonds. The van der Waals surface area contributed by atoms with Crippen molar-refractivity contribution in [3.63, 3.8) is 0 Å². The molecule has 108 valence electrons. The van der Waals surface area contributed by atoms with Crippen LogP contribution in [0.15, 0.2) is 53.7 Å². The summed E-state index contributed by atoms with van der Waals surface area (Å²) in [5.41, 5.74) is 7.33. The largest absolute Gasteiger partial charge is 0.508 e. The third kappa shape index (κ3) is 3.73. The minimum Gasteiger partial charge on any atom is -0.508 e. The first kappa shape index (κ1) is 14.4. The van der Waals surface area contributed by atoms with E-state index >= 15 is 0 Å². The van der Waals surface area contributed by atoms with Crippen molar-refractivity contribution in [1.82, 2.24) is 5.32 Å². The lowest BCUT2D eigenvalue weighted by Gasteiger charge is -2.06. The topological polar surface area (TPSA) is 108 Å². The van der Waals surface area contributed by atoms with Gasteiger partial charge in [0.2, 0.25) is 0 Å². The predicted octanol–water partition coefficient (Wildman–Crippen LogP) is 1.42. The van der Waals surface area contributed by atoms with Crippen LogP contribution in [0.25, 0.3) is 0 Å². The monoisotopic (exact) mass is 285 g/mol. The smallest absolute Gasteiger partial charge is 0.251 e. The van der Waals surface area contributed by atoms with Crippen molar-refractivity contribution in [2.75, 3.05) is 0 Å². The van der Waals surface area contributed by atoms with Gasteiger partial charge in [-0.3, -0.25) is 4.79 Å². The van der Waals surface area contributed by atoms with Crippen molar-refractivity contribution in [2.45, 2.75) is 6.54 Å². The maximum Gasteiger partial charge on any atom is 0.251 e. The van der Waals surface area contributed by atoms with E-state index in [2.05, 4.69) is 10.5 Å². The van der Waals surface area contributed by atoms with E-state index in [9.17, 15) is 9.90 Å². The molecule has 0 aliphatic rings. The first-order valence-electron chi connectivity index (χ1n) is 6.24. The Hall–Kier alpha value is -3.02. The Balaban J connectivity index is 1.98. The standard InChI is InChI=1S/C15H15N3O3/c16-14(18-21)11-6-4-10(5-7-11)9-17-15(20)12-2-1-3-13(19)8-12/h1-8,19,21H,9H2,(H2,16,18)(H,17,20). The number of nitrogens with zero attached hydrogens (tertiary/aromatic N) is 1. The Morgan fingerprint density at radius 2 is 1.86 bits per heavy atom. The lowest BCUT2D eigenvalue weighted by Crippen LogP contribution is -2.22. The Kier molecular flexibility index (Phi) is 4.40. The summed E-state index contributed by atoms with van der Waals surface area (Å²) in [4.78, 5) is 11.9. The summed E-state index contributed by atoms with van der Waals surface area (Å²) in [7, 11) is 0. The number of carbonyl (C=O) groups excluding carboxylic acids is 1. The van der Waals surface area contributed by atoms with Gasteiger partial charge in [-0.25, -0.2) is 0 Å². The van der Waals surface area contributed by atoms with Crippen LogP contribution in [0.3, 0.4) is 0 Å². The molecule has 2 aromatic carbocycles. The summed E-state index contributed by atoms with van der Waals surface area (Å²) in [5.74, 6) is -0.192. The number of rotatable bonds is 4. The fraction of sp³-hybridized carbons (Fsp3) is 0.0667. The van der Waals surface area contributed by atoms with E-state index in [0.717, 1.165) is 5.56 Å². The molecular weight excluding hydrogens is 270 g/mol. The number of nitrogens with two attached hydrogens (primary N) is 1. The summed E-state index contributed by atoms with van der Waals surface area (Å²) in [6, 6.07) is 13.1. The number of oxime groups is 1. The van der Waals surface area contributed by atoms with E-state index in [-0.39, 0.29) is 17.5 Å². The van der Waals surface area contributed by atoms with Gasteiger partial charge in [-0.05, 0) is 23.8 Å². The fourth-order valence-electron chi connectivity index (χ4n) is 1.78. The molecule has 0 fully saturated rings. The van der Waals surface area contributed by atoms with Gasteiger partial charge in [0.1, 0.15) is 5.75 Å². The molecule has 21 heavy (non-hydrogen) atoms. The number of carbonyl (C=O) groups is 1. The minimum atomic E-state index is -0.272. The summed E-state index contributed by atoms with van der Waals surface area (Å²) >= 11 is 0. The molecule has 2 aromatic rings. The number of hydrogen-bond donors (Lipinski definition) is 4. The molecule has 0 saturated heterocycles. The average Bonchev–Trinajstić information content (AvgIpc) is 2.52. The first-order chi connectivity index (χ1) is 10.1. The van der Waals surface area contributed by atoms with Gasteiger partial charge in [0, 0.05) is 17.7 Å². The maximum absolute atomic E-state index is 11.9. The van der Waals surface area contributed by atoms with Crippen molar-refractivity contribution in [2.24, 2.45) is 10.9 Å². The second-order valence-electron chi connectivity index (χ2n) is 4.42. The second kappa shape index (κ2) is 6.42. The highest BCUT2D eigenvalue weighted by atomic mass is 16.4. The molecular formula is C15H15N3O3. The van der Waals surface area contributed by atoms with Crippen molar-refractivity contribution < 1.29 is 15.1 Å². The number of benzene rings is 2. The van der Waals surface area contributed by atoms with Gasteiger partial charge in [-0.1, -0.05) is 35.5 Å². The van der Waals surface area contributed by atoms with Gasteiger partial charge in [-0.15, -0.1) is 0 Å². The van der Waals surface area contributed by atoms with Gasteiger partial charge in [0.15, 0.2) is 5.84 Å². The molecule has 0 unspecified atom stereocenters. The predicted molar refractivity (Wildman–Crippen MR) is 78.2 cm³/mol. The molecule has 0 aliphatic carbocycles. The molecule has 0 aliphatic heterocycles. The highest BCUT2D eigenvalue weighted by Gasteiger charge is 2.06. The number of amidine groups is 1. The van der Waals surface area contributed by atoms with E-state index in [4.69, 9.17) is 10.9 Å². The summed E-state index contributed by atoms with van der Waals surface area (Å²) in [5, 5.41) is 23.6. The molecule has 0 heterocycles. The van der Waals surface area contributed by atoms with E-state index in [1.807, 2.05) is 0 Å². The number of phenolic OH excluding ortho intramolecular Hbond substituents is 1. The summed E-state index contributed by atoms with van der Waals surface area (Å²) in [6.07, 6.45) is 0. The molecule has 0 saturated carbocycles. The van der Waals surface area contributed by atoms with Crippen molar-refractivity contribution in [3.8, 4) is 5.75 Å². The first-order valence-corrected chi connectivity index (χ1v) is 6.24. The quantitative estimate of drug-likeness (QED) is 0.295. The number of nitrogens with one attached hydrogen (secondary N) is 1. The third-order valence-corrected chi connectivity index (χ3v) is 2.92. The van der Waals surface area contributed by atoms with Crippen molar-refractivity contribution in [1.29, 1.82) is 0 Å². The zero-order valence-corrected chi connectivity index (χ0v) is 11.2. The summed E-state index contributed by atoms with van der Waals surface area (Å²) in [6.45, 7) is 0.338. The maximum atomic E-state index is 11.9. The van der Waals surface area contributed by atoms with Gasteiger partial charge in [-0.2, -0.15) is 0 Å². The van der Waals surface area contributed by atoms with Crippen LogP contribution in [0.2, 0.25) is 0 Å². The number of amides is 1. The molecule has 2 rings (SSSR count). The molecule has 0 radical (unpaired) electrons. The van der Waals surface area contributed by atoms with Crippen molar-refractivity contribution >= 4 is 11.7 Å². The van der Waals surface area contributed by atoms with E-state index < -0.39 is 0 Å². The number of phenols is 1. The third-order valence-electron chi connectivity index (χ3n) is 2.92. The number of hydrogen-bond acceptors (Lipinski definition) is 4. The van der Waals surface area contributed by atoms with Gasteiger partial charge in [0.05, 0.1) is 0 Å². The zero-order chi connectivity index (χ0) is 15.2. The van der Waals surface area contributed by atoms with Crippen LogP contribution in [0.1, 0.15) is 21.5 Å². The van der Waals surface area contributed by atoms with Gasteiger partial charge < -0.3 is 21.4 Å². The average molecular weight is 285 g/mol. The normalized spacial score (nSPS) is 11.1. The van der Waals surface area contributed by atoms with Gasteiger partial charge >= 0.3 is 0 Å². The second-order valence-corrected chi connectivity index (χ2v) is 4.42. The fourth-order valence-corrected chi connectivity index (χ4v) is 1.78.